The number of benzene rings is 2. The number of anilines is 1. The Morgan fingerprint density at radius 2 is 1.55 bits per heavy atom. The summed E-state index contributed by atoms with van der Waals surface area (Å²) in [6.07, 6.45) is 2.46. The van der Waals surface area contributed by atoms with Crippen molar-refractivity contribution in [2.75, 3.05) is 12.3 Å². The van der Waals surface area contributed by atoms with Crippen molar-refractivity contribution in [3.05, 3.63) is 94.5 Å². The van der Waals surface area contributed by atoms with Crippen LogP contribution < -0.4 is 27.4 Å². The number of nitrogens with zero attached hydrogens (tertiary/aromatic N) is 2. The minimum atomic E-state index is -1.15. The summed E-state index contributed by atoms with van der Waals surface area (Å²) in [6.45, 7) is 3.90. The molecule has 222 valence electrons. The van der Waals surface area contributed by atoms with Crippen LogP contribution in [0, 0.1) is 5.92 Å². The van der Waals surface area contributed by atoms with E-state index in [0.29, 0.717) is 12.8 Å². The molecule has 0 saturated carbocycles. The van der Waals surface area contributed by atoms with Gasteiger partial charge < -0.3 is 21.7 Å². The molecule has 0 aliphatic carbocycles. The van der Waals surface area contributed by atoms with Gasteiger partial charge in [0.15, 0.2) is 0 Å². The number of carbonyl (C=O) groups excluding carboxylic acids is 4. The molecule has 3 rings (SSSR count). The molecular formula is C31H38N6O5. The second-order valence-corrected chi connectivity index (χ2v) is 10.3. The number of rotatable bonds is 15. The molecule has 1 heterocycles. The number of nitrogens with two attached hydrogens (primary N) is 1. The first-order valence-electron chi connectivity index (χ1n) is 14.0. The number of aryl methyl sites for hydroxylation is 1. The molecule has 2 aromatic carbocycles. The summed E-state index contributed by atoms with van der Waals surface area (Å²) in [5, 5.41) is 8.05. The van der Waals surface area contributed by atoms with Gasteiger partial charge in [-0.2, -0.15) is 0 Å². The van der Waals surface area contributed by atoms with E-state index in [1.165, 1.54) is 16.8 Å². The van der Waals surface area contributed by atoms with E-state index in [1.807, 2.05) is 36.4 Å². The summed E-state index contributed by atoms with van der Waals surface area (Å²) < 4.78 is 1.27. The van der Waals surface area contributed by atoms with Gasteiger partial charge in [0.25, 0.3) is 5.91 Å². The molecule has 11 nitrogen and oxygen atoms in total. The lowest BCUT2D eigenvalue weighted by molar-refractivity contribution is -0.140. The predicted molar refractivity (Wildman–Crippen MR) is 159 cm³/mol. The van der Waals surface area contributed by atoms with Gasteiger partial charge in [-0.15, -0.1) is 0 Å². The van der Waals surface area contributed by atoms with Crippen molar-refractivity contribution in [2.24, 2.45) is 5.92 Å². The maximum atomic E-state index is 13.3. The number of nitrogens with one attached hydrogen (secondary N) is 3. The highest BCUT2D eigenvalue weighted by Crippen LogP contribution is 2.09. The van der Waals surface area contributed by atoms with Crippen molar-refractivity contribution < 1.29 is 19.2 Å². The van der Waals surface area contributed by atoms with Crippen LogP contribution in [0.3, 0.4) is 0 Å². The summed E-state index contributed by atoms with van der Waals surface area (Å²) in [7, 11) is 0. The zero-order chi connectivity index (χ0) is 30.5. The average molecular weight is 575 g/mol. The number of ketones is 1. The molecule has 1 aromatic heterocycles. The smallest absolute Gasteiger partial charge is 0.349 e. The Morgan fingerprint density at radius 3 is 2.17 bits per heavy atom. The topological polar surface area (TPSA) is 165 Å². The standard InChI is InChI=1S/C31H38N6O5/c1-21(2)27(36-26(38)15-14-22-10-5-3-6-11-22)29(40)35-24(20-23-12-7-4-8-13-23)28(39)30(41)33-17-9-19-37-25(32)16-18-34-31(37)42/h3-8,10-13,16,18,21,24,27H,9,14-15,17,19-20,32H2,1-2H3,(H,33,41)(H,35,40)(H,36,38)/t24-,27-/m0/s1. The van der Waals surface area contributed by atoms with Gasteiger partial charge in [0.1, 0.15) is 17.9 Å². The summed E-state index contributed by atoms with van der Waals surface area (Å²) in [5.41, 5.74) is 7.06. The summed E-state index contributed by atoms with van der Waals surface area (Å²) in [5.74, 6) is -2.54. The molecule has 2 atom stereocenters. The summed E-state index contributed by atoms with van der Waals surface area (Å²) in [4.78, 5) is 67.6. The fourth-order valence-corrected chi connectivity index (χ4v) is 4.36. The van der Waals surface area contributed by atoms with E-state index in [0.717, 1.165) is 11.1 Å². The van der Waals surface area contributed by atoms with E-state index in [1.54, 1.807) is 38.1 Å². The fourth-order valence-electron chi connectivity index (χ4n) is 4.36. The van der Waals surface area contributed by atoms with E-state index in [2.05, 4.69) is 20.9 Å². The molecule has 5 N–H and O–H groups in total. The number of hydrogen-bond acceptors (Lipinski definition) is 7. The first-order chi connectivity index (χ1) is 20.2. The molecule has 3 amide bonds. The van der Waals surface area contributed by atoms with Crippen molar-refractivity contribution in [1.82, 2.24) is 25.5 Å². The molecule has 0 aliphatic heterocycles. The van der Waals surface area contributed by atoms with E-state index in [9.17, 15) is 24.0 Å². The van der Waals surface area contributed by atoms with Crippen LogP contribution in [0.15, 0.2) is 77.7 Å². The lowest BCUT2D eigenvalue weighted by atomic mass is 9.98. The normalized spacial score (nSPS) is 12.3. The minimum absolute atomic E-state index is 0.0905. The van der Waals surface area contributed by atoms with E-state index < -0.39 is 35.4 Å². The Kier molecular flexibility index (Phi) is 12.0. The van der Waals surface area contributed by atoms with Crippen LogP contribution in [0.25, 0.3) is 0 Å². The van der Waals surface area contributed by atoms with Gasteiger partial charge in [-0.25, -0.2) is 9.78 Å². The molecule has 0 unspecified atom stereocenters. The lowest BCUT2D eigenvalue weighted by Gasteiger charge is -2.25. The number of nitrogen functional groups attached to an aromatic ring is 1. The molecule has 0 bridgehead atoms. The number of Topliss-reactive ketones (excluding diaryl/α,β-unsaturated/α-hetero) is 1. The molecule has 0 aliphatic rings. The van der Waals surface area contributed by atoms with Gasteiger partial charge in [-0.3, -0.25) is 23.7 Å². The molecule has 3 aromatic rings. The minimum Gasteiger partial charge on any atom is -0.385 e. The van der Waals surface area contributed by atoms with Gasteiger partial charge >= 0.3 is 5.69 Å². The van der Waals surface area contributed by atoms with Crippen LogP contribution >= 0.6 is 0 Å². The molecule has 0 saturated heterocycles. The van der Waals surface area contributed by atoms with Crippen molar-refractivity contribution in [3.63, 3.8) is 0 Å². The molecule has 42 heavy (non-hydrogen) atoms. The van der Waals surface area contributed by atoms with E-state index in [4.69, 9.17) is 5.73 Å². The van der Waals surface area contributed by atoms with Crippen LogP contribution in [0.5, 0.6) is 0 Å². The predicted octanol–water partition coefficient (Wildman–Crippen LogP) is 1.40. The Labute approximate surface area is 244 Å². The maximum absolute atomic E-state index is 13.3. The third-order valence-corrected chi connectivity index (χ3v) is 6.71. The maximum Gasteiger partial charge on any atom is 0.349 e. The van der Waals surface area contributed by atoms with Crippen LogP contribution in [0.4, 0.5) is 5.82 Å². The number of carbonyl (C=O) groups is 4. The Hall–Kier alpha value is -4.80. The number of hydrogen-bond donors (Lipinski definition) is 4. The van der Waals surface area contributed by atoms with Gasteiger partial charge in [0.2, 0.25) is 17.6 Å². The molecule has 0 radical (unpaired) electrons. The molecule has 11 heteroatoms. The van der Waals surface area contributed by atoms with Crippen LogP contribution in [0.1, 0.15) is 37.8 Å². The monoisotopic (exact) mass is 574 g/mol. The zero-order valence-corrected chi connectivity index (χ0v) is 23.9. The van der Waals surface area contributed by atoms with Crippen molar-refractivity contribution in [3.8, 4) is 0 Å². The Morgan fingerprint density at radius 1 is 0.905 bits per heavy atom. The third kappa shape index (κ3) is 9.69. The SMILES string of the molecule is CC(C)[C@H](NC(=O)CCc1ccccc1)C(=O)N[C@@H](Cc1ccccc1)C(=O)C(=O)NCCCn1c(N)ccnc1=O. The third-order valence-electron chi connectivity index (χ3n) is 6.71. The number of amides is 3. The summed E-state index contributed by atoms with van der Waals surface area (Å²) in [6, 6.07) is 18.0. The van der Waals surface area contributed by atoms with Gasteiger partial charge in [-0.1, -0.05) is 74.5 Å². The lowest BCUT2D eigenvalue weighted by Crippen LogP contribution is -2.56. The van der Waals surface area contributed by atoms with Crippen LogP contribution in [-0.4, -0.2) is 51.7 Å². The zero-order valence-electron chi connectivity index (χ0n) is 23.9. The Balaban J connectivity index is 1.63. The molecular weight excluding hydrogens is 536 g/mol. The van der Waals surface area contributed by atoms with Crippen LogP contribution in [0.2, 0.25) is 0 Å². The van der Waals surface area contributed by atoms with Crippen molar-refractivity contribution in [1.29, 1.82) is 0 Å². The van der Waals surface area contributed by atoms with Gasteiger partial charge in [-0.05, 0) is 36.0 Å². The average Bonchev–Trinajstić information content (AvgIpc) is 2.98. The second kappa shape index (κ2) is 15.8. The quantitative estimate of drug-likeness (QED) is 0.157. The highest BCUT2D eigenvalue weighted by molar-refractivity contribution is 6.38. The second-order valence-electron chi connectivity index (χ2n) is 10.3. The first kappa shape index (κ1) is 31.7. The molecule has 0 spiro atoms. The van der Waals surface area contributed by atoms with Gasteiger partial charge in [0, 0.05) is 32.1 Å². The van der Waals surface area contributed by atoms with E-state index >= 15 is 0 Å². The first-order valence-corrected chi connectivity index (χ1v) is 14.0. The van der Waals surface area contributed by atoms with Crippen molar-refractivity contribution >= 4 is 29.3 Å². The molecule has 0 fully saturated rings. The highest BCUT2D eigenvalue weighted by atomic mass is 16.2. The fraction of sp³-hybridized carbons (Fsp3) is 0.355. The highest BCUT2D eigenvalue weighted by Gasteiger charge is 2.31. The van der Waals surface area contributed by atoms with E-state index in [-0.39, 0.29) is 43.6 Å². The Bertz CT molecular complexity index is 1410. The van der Waals surface area contributed by atoms with Gasteiger partial charge in [0.05, 0.1) is 0 Å². The summed E-state index contributed by atoms with van der Waals surface area (Å²) >= 11 is 0. The van der Waals surface area contributed by atoms with Crippen molar-refractivity contribution in [2.45, 2.75) is 58.2 Å². The van der Waals surface area contributed by atoms with Crippen LogP contribution in [-0.2, 0) is 38.6 Å². The number of aromatic nitrogens is 2. The largest absolute Gasteiger partial charge is 0.385 e.